The number of nitrogens with two attached hydrogens (primary N) is 1. The quantitative estimate of drug-likeness (QED) is 0.905. The van der Waals surface area contributed by atoms with Crippen LogP contribution in [0.5, 0.6) is 0 Å². The first kappa shape index (κ1) is 15.5. The SMILES string of the molecule is CCC1CCCN1S(=O)(=O)c1cc(CN)n(C(C)C)c1. The van der Waals surface area contributed by atoms with E-state index < -0.39 is 10.0 Å². The minimum absolute atomic E-state index is 0.142. The van der Waals surface area contributed by atoms with Gasteiger partial charge in [-0.3, -0.25) is 0 Å². The van der Waals surface area contributed by atoms with Crippen molar-refractivity contribution in [3.8, 4) is 0 Å². The lowest BCUT2D eigenvalue weighted by Crippen LogP contribution is -2.34. The van der Waals surface area contributed by atoms with E-state index in [0.29, 0.717) is 18.0 Å². The molecule has 1 atom stereocenters. The summed E-state index contributed by atoms with van der Waals surface area (Å²) in [5.74, 6) is 0. The molecule has 114 valence electrons. The first-order valence-corrected chi connectivity index (χ1v) is 8.78. The number of nitrogens with zero attached hydrogens (tertiary/aromatic N) is 2. The smallest absolute Gasteiger partial charge is 0.244 e. The normalized spacial score (nSPS) is 20.9. The lowest BCUT2D eigenvalue weighted by molar-refractivity contribution is 0.379. The van der Waals surface area contributed by atoms with Gasteiger partial charge in [0.05, 0.1) is 0 Å². The third-order valence-corrected chi connectivity index (χ3v) is 5.99. The third kappa shape index (κ3) is 2.64. The molecule has 0 aromatic carbocycles. The highest BCUT2D eigenvalue weighted by atomic mass is 32.2. The number of aromatic nitrogens is 1. The van der Waals surface area contributed by atoms with Gasteiger partial charge in [0.15, 0.2) is 0 Å². The van der Waals surface area contributed by atoms with Crippen LogP contribution in [0.1, 0.15) is 51.8 Å². The van der Waals surface area contributed by atoms with Crippen molar-refractivity contribution >= 4 is 10.0 Å². The number of hydrogen-bond donors (Lipinski definition) is 1. The Hall–Kier alpha value is -0.850. The average Bonchev–Trinajstić information content (AvgIpc) is 3.05. The Kier molecular flexibility index (Phi) is 4.56. The average molecular weight is 299 g/mol. The molecule has 2 N–H and O–H groups in total. The maximum absolute atomic E-state index is 12.8. The highest BCUT2D eigenvalue weighted by Gasteiger charge is 2.35. The molecule has 0 aliphatic carbocycles. The van der Waals surface area contributed by atoms with Crippen LogP contribution in [0.15, 0.2) is 17.2 Å². The molecule has 20 heavy (non-hydrogen) atoms. The minimum Gasteiger partial charge on any atom is -0.346 e. The molecule has 1 saturated heterocycles. The van der Waals surface area contributed by atoms with Gasteiger partial charge >= 0.3 is 0 Å². The van der Waals surface area contributed by atoms with Gasteiger partial charge in [0.25, 0.3) is 0 Å². The van der Waals surface area contributed by atoms with E-state index in [2.05, 4.69) is 0 Å². The van der Waals surface area contributed by atoms with Gasteiger partial charge in [0.2, 0.25) is 10.0 Å². The van der Waals surface area contributed by atoms with E-state index in [-0.39, 0.29) is 12.1 Å². The molecule has 2 rings (SSSR count). The van der Waals surface area contributed by atoms with Crippen molar-refractivity contribution in [2.75, 3.05) is 6.54 Å². The summed E-state index contributed by atoms with van der Waals surface area (Å²) in [5.41, 5.74) is 6.59. The molecule has 1 aliphatic heterocycles. The van der Waals surface area contributed by atoms with E-state index in [9.17, 15) is 8.42 Å². The maximum atomic E-state index is 12.8. The molecule has 1 unspecified atom stereocenters. The van der Waals surface area contributed by atoms with E-state index >= 15 is 0 Å². The van der Waals surface area contributed by atoms with Crippen molar-refractivity contribution in [2.24, 2.45) is 5.73 Å². The summed E-state index contributed by atoms with van der Waals surface area (Å²) in [7, 11) is -3.39. The van der Waals surface area contributed by atoms with Crippen molar-refractivity contribution in [1.29, 1.82) is 0 Å². The van der Waals surface area contributed by atoms with Gasteiger partial charge in [-0.25, -0.2) is 8.42 Å². The van der Waals surface area contributed by atoms with E-state index in [0.717, 1.165) is 25.0 Å². The van der Waals surface area contributed by atoms with Crippen LogP contribution in [0.3, 0.4) is 0 Å². The first-order chi connectivity index (χ1) is 9.41. The summed E-state index contributed by atoms with van der Waals surface area (Å²) in [4.78, 5) is 0.381. The summed E-state index contributed by atoms with van der Waals surface area (Å²) in [6.07, 6.45) is 4.51. The Labute approximate surface area is 121 Å². The second kappa shape index (κ2) is 5.87. The van der Waals surface area contributed by atoms with Crippen LogP contribution in [0.25, 0.3) is 0 Å². The van der Waals surface area contributed by atoms with Crippen LogP contribution in [0.4, 0.5) is 0 Å². The summed E-state index contributed by atoms with van der Waals surface area (Å²) in [6, 6.07) is 2.07. The van der Waals surface area contributed by atoms with Crippen LogP contribution < -0.4 is 5.73 Å². The Bertz CT molecular complexity index is 563. The summed E-state index contributed by atoms with van der Waals surface area (Å²) in [6.45, 7) is 7.08. The standard InChI is InChI=1S/C14H25N3O2S/c1-4-12-6-5-7-17(12)20(18,19)14-8-13(9-15)16(10-14)11(2)3/h8,10-12H,4-7,9,15H2,1-3H3. The molecule has 1 aromatic rings. The van der Waals surface area contributed by atoms with Crippen molar-refractivity contribution < 1.29 is 8.42 Å². The zero-order valence-electron chi connectivity index (χ0n) is 12.5. The zero-order valence-corrected chi connectivity index (χ0v) is 13.4. The molecule has 1 aromatic heterocycles. The molecule has 0 bridgehead atoms. The van der Waals surface area contributed by atoms with Gasteiger partial charge in [-0.2, -0.15) is 4.31 Å². The summed E-state index contributed by atoms with van der Waals surface area (Å²) >= 11 is 0. The van der Waals surface area contributed by atoms with E-state index in [1.807, 2.05) is 25.3 Å². The Morgan fingerprint density at radius 2 is 2.15 bits per heavy atom. The molecule has 0 spiro atoms. The second-order valence-electron chi connectivity index (χ2n) is 5.69. The molecule has 6 heteroatoms. The Morgan fingerprint density at radius 1 is 1.45 bits per heavy atom. The highest BCUT2D eigenvalue weighted by Crippen LogP contribution is 2.29. The Balaban J connectivity index is 2.39. The molecular formula is C14H25N3O2S. The van der Waals surface area contributed by atoms with Crippen molar-refractivity contribution in [1.82, 2.24) is 8.87 Å². The van der Waals surface area contributed by atoms with Crippen molar-refractivity contribution in [2.45, 2.75) is 63.6 Å². The van der Waals surface area contributed by atoms with Gasteiger partial charge in [0.1, 0.15) is 4.90 Å². The van der Waals surface area contributed by atoms with Gasteiger partial charge in [-0.15, -0.1) is 0 Å². The van der Waals surface area contributed by atoms with Gasteiger partial charge in [-0.05, 0) is 39.2 Å². The number of hydrogen-bond acceptors (Lipinski definition) is 3. The van der Waals surface area contributed by atoms with Crippen LogP contribution in [-0.2, 0) is 16.6 Å². The predicted molar refractivity (Wildman–Crippen MR) is 79.9 cm³/mol. The van der Waals surface area contributed by atoms with E-state index in [1.54, 1.807) is 16.6 Å². The predicted octanol–water partition coefficient (Wildman–Crippen LogP) is 2.09. The first-order valence-electron chi connectivity index (χ1n) is 7.34. The molecule has 5 nitrogen and oxygen atoms in total. The molecule has 0 radical (unpaired) electrons. The van der Waals surface area contributed by atoms with Crippen molar-refractivity contribution in [3.63, 3.8) is 0 Å². The maximum Gasteiger partial charge on any atom is 0.244 e. The lowest BCUT2D eigenvalue weighted by Gasteiger charge is -2.22. The van der Waals surface area contributed by atoms with E-state index in [1.165, 1.54) is 0 Å². The highest BCUT2D eigenvalue weighted by molar-refractivity contribution is 7.89. The fourth-order valence-electron chi connectivity index (χ4n) is 2.95. The van der Waals surface area contributed by atoms with Crippen LogP contribution >= 0.6 is 0 Å². The molecular weight excluding hydrogens is 274 g/mol. The van der Waals surface area contributed by atoms with Gasteiger partial charge < -0.3 is 10.3 Å². The Morgan fingerprint density at radius 3 is 2.65 bits per heavy atom. The molecule has 1 aliphatic rings. The zero-order chi connectivity index (χ0) is 14.9. The number of rotatable bonds is 5. The monoisotopic (exact) mass is 299 g/mol. The van der Waals surface area contributed by atoms with Crippen LogP contribution in [0, 0.1) is 0 Å². The third-order valence-electron chi connectivity index (χ3n) is 4.07. The summed E-state index contributed by atoms with van der Waals surface area (Å²) in [5, 5.41) is 0. The molecule has 0 amide bonds. The van der Waals surface area contributed by atoms with Crippen LogP contribution in [0.2, 0.25) is 0 Å². The van der Waals surface area contributed by atoms with Crippen LogP contribution in [-0.4, -0.2) is 29.9 Å². The fourth-order valence-corrected chi connectivity index (χ4v) is 4.77. The molecule has 2 heterocycles. The van der Waals surface area contributed by atoms with E-state index in [4.69, 9.17) is 5.73 Å². The van der Waals surface area contributed by atoms with Crippen molar-refractivity contribution in [3.05, 3.63) is 18.0 Å². The molecule has 1 fully saturated rings. The molecule has 0 saturated carbocycles. The topological polar surface area (TPSA) is 68.3 Å². The lowest BCUT2D eigenvalue weighted by atomic mass is 10.2. The number of sulfonamides is 1. The largest absolute Gasteiger partial charge is 0.346 e. The minimum atomic E-state index is -3.39. The summed E-state index contributed by atoms with van der Waals surface area (Å²) < 4.78 is 29.2. The van der Waals surface area contributed by atoms with Gasteiger partial charge in [0, 0.05) is 37.1 Å². The second-order valence-corrected chi connectivity index (χ2v) is 7.58. The fraction of sp³-hybridized carbons (Fsp3) is 0.714. The van der Waals surface area contributed by atoms with Gasteiger partial charge in [-0.1, -0.05) is 6.92 Å².